The van der Waals surface area contributed by atoms with Crippen LogP contribution in [0.1, 0.15) is 24.8 Å². The monoisotopic (exact) mass is 380 g/mol. The molecule has 1 aromatic rings. The lowest BCUT2D eigenvalue weighted by Crippen LogP contribution is -2.41. The molecule has 1 fully saturated rings. The minimum absolute atomic E-state index is 0. The minimum Gasteiger partial charge on any atom is -0.484 e. The quantitative estimate of drug-likeness (QED) is 0.822. The van der Waals surface area contributed by atoms with Crippen LogP contribution in [0.3, 0.4) is 0 Å². The molecule has 1 N–H and O–H groups in total. The third-order valence-electron chi connectivity index (χ3n) is 4.31. The van der Waals surface area contributed by atoms with Gasteiger partial charge in [-0.05, 0) is 63.0 Å². The van der Waals surface area contributed by atoms with Crippen LogP contribution in [0.5, 0.6) is 5.75 Å². The Bertz CT molecular complexity index is 530. The van der Waals surface area contributed by atoms with Crippen LogP contribution in [0, 0.1) is 5.92 Å². The molecule has 1 heterocycles. The van der Waals surface area contributed by atoms with Crippen molar-refractivity contribution in [3.63, 3.8) is 0 Å². The van der Waals surface area contributed by atoms with Gasteiger partial charge < -0.3 is 15.0 Å². The third kappa shape index (κ3) is 6.74. The number of carbonyl (C=O) groups excluding carboxylic acids is 1. The number of carbonyl (C=O) groups is 1. The Morgan fingerprint density at radius 3 is 2.36 bits per heavy atom. The van der Waals surface area contributed by atoms with Crippen LogP contribution in [0.4, 0.5) is 13.2 Å². The van der Waals surface area contributed by atoms with E-state index in [1.807, 2.05) is 7.05 Å². The van der Waals surface area contributed by atoms with Crippen molar-refractivity contribution in [1.29, 1.82) is 0 Å². The molecule has 1 aliphatic rings. The number of ether oxygens (including phenoxy) is 1. The molecule has 0 radical (unpaired) electrons. The molecule has 4 nitrogen and oxygen atoms in total. The Kier molecular flexibility index (Phi) is 8.52. The number of benzene rings is 1. The van der Waals surface area contributed by atoms with E-state index in [1.54, 1.807) is 4.90 Å². The number of rotatable bonds is 6. The zero-order chi connectivity index (χ0) is 17.6. The molecule has 0 atom stereocenters. The summed E-state index contributed by atoms with van der Waals surface area (Å²) in [6.45, 7) is 2.26. The number of nitrogens with zero attached hydrogens (tertiary/aromatic N) is 1. The Morgan fingerprint density at radius 2 is 1.84 bits per heavy atom. The van der Waals surface area contributed by atoms with Gasteiger partial charge in [0, 0.05) is 13.1 Å². The molecule has 1 aromatic carbocycles. The average molecular weight is 381 g/mol. The molecule has 8 heteroatoms. The van der Waals surface area contributed by atoms with Gasteiger partial charge in [-0.2, -0.15) is 13.2 Å². The maximum absolute atomic E-state index is 12.5. The number of amides is 1. The summed E-state index contributed by atoms with van der Waals surface area (Å²) in [5.41, 5.74) is -0.732. The second kappa shape index (κ2) is 9.87. The van der Waals surface area contributed by atoms with E-state index in [0.29, 0.717) is 19.0 Å². The predicted molar refractivity (Wildman–Crippen MR) is 92.0 cm³/mol. The maximum atomic E-state index is 12.5. The summed E-state index contributed by atoms with van der Waals surface area (Å²) in [5, 5.41) is 3.13. The first-order chi connectivity index (χ1) is 11.4. The first kappa shape index (κ1) is 21.6. The molecule has 1 aliphatic heterocycles. The highest BCUT2D eigenvalue weighted by Crippen LogP contribution is 2.30. The van der Waals surface area contributed by atoms with E-state index in [-0.39, 0.29) is 30.7 Å². The molecule has 1 saturated heterocycles. The van der Waals surface area contributed by atoms with Gasteiger partial charge in [0.15, 0.2) is 6.61 Å². The van der Waals surface area contributed by atoms with Gasteiger partial charge in [-0.25, -0.2) is 0 Å². The van der Waals surface area contributed by atoms with Crippen molar-refractivity contribution in [1.82, 2.24) is 10.2 Å². The van der Waals surface area contributed by atoms with Gasteiger partial charge in [-0.3, -0.25) is 4.79 Å². The molecule has 0 aromatic heterocycles. The van der Waals surface area contributed by atoms with Crippen LogP contribution in [0.25, 0.3) is 0 Å². The summed E-state index contributed by atoms with van der Waals surface area (Å²) in [7, 11) is 1.93. The van der Waals surface area contributed by atoms with Crippen LogP contribution < -0.4 is 10.1 Å². The van der Waals surface area contributed by atoms with Crippen molar-refractivity contribution in [3.8, 4) is 5.75 Å². The summed E-state index contributed by atoms with van der Waals surface area (Å²) in [4.78, 5) is 13.9. The molecule has 0 aliphatic carbocycles. The van der Waals surface area contributed by atoms with Gasteiger partial charge >= 0.3 is 6.18 Å². The number of halogens is 4. The van der Waals surface area contributed by atoms with E-state index in [0.717, 1.165) is 37.9 Å². The molecule has 0 spiro atoms. The van der Waals surface area contributed by atoms with Gasteiger partial charge in [-0.15, -0.1) is 12.4 Å². The van der Waals surface area contributed by atoms with Crippen molar-refractivity contribution in [2.45, 2.75) is 25.4 Å². The standard InChI is InChI=1S/C17H23F3N2O2.ClH/c1-21-9-6-13-7-10-22(11-8-13)16(23)12-24-15-4-2-14(3-5-15)17(18,19)20;/h2-5,13,21H,6-12H2,1H3;1H. The molecular formula is C17H24ClF3N2O2. The molecular weight excluding hydrogens is 357 g/mol. The number of piperidine rings is 1. The summed E-state index contributed by atoms with van der Waals surface area (Å²) in [6, 6.07) is 4.38. The van der Waals surface area contributed by atoms with E-state index < -0.39 is 11.7 Å². The summed E-state index contributed by atoms with van der Waals surface area (Å²) < 4.78 is 42.8. The molecule has 0 saturated carbocycles. The second-order valence-corrected chi connectivity index (χ2v) is 6.03. The van der Waals surface area contributed by atoms with E-state index in [4.69, 9.17) is 4.74 Å². The van der Waals surface area contributed by atoms with Gasteiger partial charge in [0.1, 0.15) is 5.75 Å². The van der Waals surface area contributed by atoms with Crippen molar-refractivity contribution >= 4 is 18.3 Å². The number of nitrogens with one attached hydrogen (secondary N) is 1. The number of hydrogen-bond donors (Lipinski definition) is 1. The third-order valence-corrected chi connectivity index (χ3v) is 4.31. The molecule has 142 valence electrons. The summed E-state index contributed by atoms with van der Waals surface area (Å²) in [6.07, 6.45) is -1.30. The van der Waals surface area contributed by atoms with Gasteiger partial charge in [-0.1, -0.05) is 0 Å². The molecule has 0 bridgehead atoms. The second-order valence-electron chi connectivity index (χ2n) is 6.03. The lowest BCUT2D eigenvalue weighted by molar-refractivity contribution is -0.138. The normalized spacial score (nSPS) is 15.6. The number of likely N-dealkylation sites (tertiary alicyclic amines) is 1. The maximum Gasteiger partial charge on any atom is 0.416 e. The van der Waals surface area contributed by atoms with Crippen molar-refractivity contribution in [3.05, 3.63) is 29.8 Å². The lowest BCUT2D eigenvalue weighted by Gasteiger charge is -2.32. The minimum atomic E-state index is -4.37. The number of hydrogen-bond acceptors (Lipinski definition) is 3. The molecule has 1 amide bonds. The molecule has 0 unspecified atom stereocenters. The van der Waals surface area contributed by atoms with Crippen LogP contribution in [-0.4, -0.2) is 44.1 Å². The number of alkyl halides is 3. The van der Waals surface area contributed by atoms with E-state index in [1.165, 1.54) is 12.1 Å². The van der Waals surface area contributed by atoms with Gasteiger partial charge in [0.25, 0.3) is 5.91 Å². The topological polar surface area (TPSA) is 41.6 Å². The van der Waals surface area contributed by atoms with E-state index >= 15 is 0 Å². The Morgan fingerprint density at radius 1 is 1.24 bits per heavy atom. The van der Waals surface area contributed by atoms with Crippen molar-refractivity contribution in [2.75, 3.05) is 33.3 Å². The Hall–Kier alpha value is -1.47. The van der Waals surface area contributed by atoms with Crippen LogP contribution in [-0.2, 0) is 11.0 Å². The highest BCUT2D eigenvalue weighted by atomic mass is 35.5. The van der Waals surface area contributed by atoms with E-state index in [9.17, 15) is 18.0 Å². The SMILES string of the molecule is CNCCC1CCN(C(=O)COc2ccc(C(F)(F)F)cc2)CC1.Cl. The highest BCUT2D eigenvalue weighted by molar-refractivity contribution is 5.85. The predicted octanol–water partition coefficient (Wildman–Crippen LogP) is 3.35. The fourth-order valence-electron chi connectivity index (χ4n) is 2.80. The Balaban J connectivity index is 0.00000312. The fourth-order valence-corrected chi connectivity index (χ4v) is 2.80. The van der Waals surface area contributed by atoms with Gasteiger partial charge in [0.2, 0.25) is 0 Å². The summed E-state index contributed by atoms with van der Waals surface area (Å²) >= 11 is 0. The zero-order valence-corrected chi connectivity index (χ0v) is 15.0. The summed E-state index contributed by atoms with van der Waals surface area (Å²) in [5.74, 6) is 0.777. The van der Waals surface area contributed by atoms with Crippen molar-refractivity contribution in [2.24, 2.45) is 5.92 Å². The van der Waals surface area contributed by atoms with Crippen LogP contribution >= 0.6 is 12.4 Å². The Labute approximate surface area is 152 Å². The zero-order valence-electron chi connectivity index (χ0n) is 14.1. The fraction of sp³-hybridized carbons (Fsp3) is 0.588. The van der Waals surface area contributed by atoms with Crippen molar-refractivity contribution < 1.29 is 22.7 Å². The van der Waals surface area contributed by atoms with Crippen LogP contribution in [0.15, 0.2) is 24.3 Å². The highest BCUT2D eigenvalue weighted by Gasteiger charge is 2.30. The first-order valence-corrected chi connectivity index (χ1v) is 8.12. The smallest absolute Gasteiger partial charge is 0.416 e. The molecule has 25 heavy (non-hydrogen) atoms. The first-order valence-electron chi connectivity index (χ1n) is 8.12. The van der Waals surface area contributed by atoms with E-state index in [2.05, 4.69) is 5.32 Å². The lowest BCUT2D eigenvalue weighted by atomic mass is 9.93. The van der Waals surface area contributed by atoms with Gasteiger partial charge in [0.05, 0.1) is 5.56 Å². The molecule has 2 rings (SSSR count). The average Bonchev–Trinajstić information content (AvgIpc) is 2.58. The largest absolute Gasteiger partial charge is 0.484 e. The van der Waals surface area contributed by atoms with Crippen LogP contribution in [0.2, 0.25) is 0 Å².